The van der Waals surface area contributed by atoms with Crippen molar-refractivity contribution in [2.24, 2.45) is 0 Å². The monoisotopic (exact) mass is 264 g/mol. The van der Waals surface area contributed by atoms with Crippen molar-refractivity contribution in [1.82, 2.24) is 14.9 Å². The lowest BCUT2D eigenvalue weighted by Crippen LogP contribution is -2.30. The number of rotatable bonds is 2. The van der Waals surface area contributed by atoms with Crippen LogP contribution in [-0.2, 0) is 11.3 Å². The number of hydrogen-bond donors (Lipinski definition) is 2. The van der Waals surface area contributed by atoms with Gasteiger partial charge < -0.3 is 14.9 Å². The number of hydrogen-bond acceptors (Lipinski definition) is 3. The highest BCUT2D eigenvalue weighted by atomic mass is 19.1. The van der Waals surface area contributed by atoms with Crippen LogP contribution in [-0.4, -0.2) is 20.8 Å². The molecule has 0 spiro atoms. The number of carbonyl (C=O) groups is 1. The van der Waals surface area contributed by atoms with Gasteiger partial charge in [0.15, 0.2) is 0 Å². The van der Waals surface area contributed by atoms with E-state index in [1.807, 2.05) is 0 Å². The lowest BCUT2D eigenvalue weighted by molar-refractivity contribution is -0.126. The molecule has 1 aromatic carbocycles. The van der Waals surface area contributed by atoms with Crippen LogP contribution < -0.4 is 11.1 Å². The number of nitrogens with zero attached hydrogens (tertiary/aromatic N) is 1. The molecule has 2 aromatic rings. The Hall–Kier alpha value is -2.44. The second-order valence-electron chi connectivity index (χ2n) is 4.11. The van der Waals surface area contributed by atoms with Gasteiger partial charge in [-0.3, -0.25) is 14.4 Å². The van der Waals surface area contributed by atoms with Crippen LogP contribution in [0.5, 0.6) is 0 Å². The average molecular weight is 264 g/mol. The number of nitrogens with one attached hydrogen (secondary N) is 2. The maximum atomic E-state index is 13.4. The largest absolute Gasteiger partial charge is 0.337 e. The molecule has 2 rings (SSSR count). The van der Waals surface area contributed by atoms with Gasteiger partial charge in [-0.15, -0.1) is 0 Å². The van der Waals surface area contributed by atoms with Crippen molar-refractivity contribution in [3.63, 3.8) is 0 Å². The molecule has 0 aliphatic rings. The van der Waals surface area contributed by atoms with Crippen LogP contribution in [0.1, 0.15) is 12.5 Å². The van der Waals surface area contributed by atoms with E-state index < -0.39 is 16.9 Å². The van der Waals surface area contributed by atoms with Gasteiger partial charge in [0.05, 0.1) is 11.0 Å². The first-order chi connectivity index (χ1) is 8.88. The predicted octanol–water partition coefficient (Wildman–Crippen LogP) is 0.496. The van der Waals surface area contributed by atoms with Crippen molar-refractivity contribution < 1.29 is 9.18 Å². The van der Waals surface area contributed by atoms with Gasteiger partial charge in [-0.25, -0.2) is 4.39 Å². The Morgan fingerprint density at radius 3 is 2.58 bits per heavy atom. The minimum Gasteiger partial charge on any atom is -0.337 e. The summed E-state index contributed by atoms with van der Waals surface area (Å²) in [5, 5.41) is 0. The highest BCUT2D eigenvalue weighted by Crippen LogP contribution is 2.16. The molecule has 1 radical (unpaired) electrons. The third kappa shape index (κ3) is 2.54. The first-order valence-corrected chi connectivity index (χ1v) is 5.42. The van der Waals surface area contributed by atoms with Crippen molar-refractivity contribution >= 4 is 16.9 Å². The van der Waals surface area contributed by atoms with E-state index in [0.29, 0.717) is 5.56 Å². The summed E-state index contributed by atoms with van der Waals surface area (Å²) in [6.45, 7) is 1.34. The molecule has 0 saturated heterocycles. The number of halogens is 1. The molecule has 0 fully saturated rings. The van der Waals surface area contributed by atoms with Crippen LogP contribution in [0, 0.1) is 12.9 Å². The summed E-state index contributed by atoms with van der Waals surface area (Å²) in [4.78, 5) is 39.4. The maximum Gasteiger partial charge on any atom is 0.314 e. The molecule has 1 heterocycles. The van der Waals surface area contributed by atoms with Crippen molar-refractivity contribution in [3.05, 3.63) is 51.3 Å². The molecule has 0 saturated carbocycles. The SMILES string of the molecule is [CH2]N(Cc1cc(F)cc2[nH]c(=O)c(=O)[nH]c12)C(C)=O. The maximum absolute atomic E-state index is 13.4. The smallest absolute Gasteiger partial charge is 0.314 e. The molecular weight excluding hydrogens is 253 g/mol. The number of H-pyrrole nitrogens is 2. The zero-order chi connectivity index (χ0) is 14.2. The van der Waals surface area contributed by atoms with Crippen LogP contribution in [0.15, 0.2) is 21.7 Å². The fourth-order valence-corrected chi connectivity index (χ4v) is 1.70. The molecule has 0 bridgehead atoms. The summed E-state index contributed by atoms with van der Waals surface area (Å²) in [7, 11) is 3.51. The third-order valence-corrected chi connectivity index (χ3v) is 2.68. The molecule has 0 aliphatic carbocycles. The summed E-state index contributed by atoms with van der Waals surface area (Å²) in [5.41, 5.74) is -0.896. The molecule has 0 aliphatic heterocycles. The van der Waals surface area contributed by atoms with Crippen LogP contribution in [0.2, 0.25) is 0 Å². The lowest BCUT2D eigenvalue weighted by atomic mass is 10.1. The van der Waals surface area contributed by atoms with E-state index >= 15 is 0 Å². The van der Waals surface area contributed by atoms with Crippen LogP contribution in [0.4, 0.5) is 4.39 Å². The Labute approximate surface area is 106 Å². The Morgan fingerprint density at radius 2 is 1.95 bits per heavy atom. The summed E-state index contributed by atoms with van der Waals surface area (Å²) in [6, 6.07) is 2.27. The van der Waals surface area contributed by atoms with Crippen LogP contribution in [0.25, 0.3) is 11.0 Å². The van der Waals surface area contributed by atoms with E-state index in [4.69, 9.17) is 0 Å². The predicted molar refractivity (Wildman–Crippen MR) is 66.7 cm³/mol. The van der Waals surface area contributed by atoms with E-state index in [0.717, 1.165) is 11.0 Å². The Bertz CT molecular complexity index is 763. The Balaban J connectivity index is 2.66. The molecule has 6 nitrogen and oxygen atoms in total. The second kappa shape index (κ2) is 4.68. The van der Waals surface area contributed by atoms with E-state index in [9.17, 15) is 18.8 Å². The topological polar surface area (TPSA) is 86.0 Å². The van der Waals surface area contributed by atoms with Crippen LogP contribution in [0.3, 0.4) is 0 Å². The van der Waals surface area contributed by atoms with Gasteiger partial charge in [0.25, 0.3) is 0 Å². The Morgan fingerprint density at radius 1 is 1.32 bits per heavy atom. The van der Waals surface area contributed by atoms with E-state index in [1.165, 1.54) is 13.0 Å². The molecule has 1 aromatic heterocycles. The average Bonchev–Trinajstić information content (AvgIpc) is 2.31. The fourth-order valence-electron chi connectivity index (χ4n) is 1.70. The Kier molecular flexibility index (Phi) is 3.20. The van der Waals surface area contributed by atoms with Gasteiger partial charge in [-0.2, -0.15) is 0 Å². The minimum absolute atomic E-state index is 0.0194. The van der Waals surface area contributed by atoms with Crippen molar-refractivity contribution in [1.29, 1.82) is 0 Å². The zero-order valence-electron chi connectivity index (χ0n) is 10.1. The number of aromatic amines is 2. The van der Waals surface area contributed by atoms with Gasteiger partial charge in [-0.05, 0) is 12.1 Å². The molecule has 2 N–H and O–H groups in total. The number of amides is 1. The van der Waals surface area contributed by atoms with Gasteiger partial charge in [0, 0.05) is 26.1 Å². The molecule has 1 amide bonds. The second-order valence-corrected chi connectivity index (χ2v) is 4.11. The highest BCUT2D eigenvalue weighted by molar-refractivity contribution is 5.79. The normalized spacial score (nSPS) is 10.7. The highest BCUT2D eigenvalue weighted by Gasteiger charge is 2.11. The molecule has 19 heavy (non-hydrogen) atoms. The quantitative estimate of drug-likeness (QED) is 0.774. The molecule has 0 atom stereocenters. The summed E-state index contributed by atoms with van der Waals surface area (Å²) < 4.78 is 13.4. The van der Waals surface area contributed by atoms with Crippen molar-refractivity contribution in [3.8, 4) is 0 Å². The van der Waals surface area contributed by atoms with Crippen molar-refractivity contribution in [2.75, 3.05) is 0 Å². The number of aromatic nitrogens is 2. The third-order valence-electron chi connectivity index (χ3n) is 2.68. The molecular formula is C12H11FN3O3. The number of benzene rings is 1. The lowest BCUT2D eigenvalue weighted by Gasteiger charge is -2.15. The van der Waals surface area contributed by atoms with Gasteiger partial charge >= 0.3 is 11.1 Å². The summed E-state index contributed by atoms with van der Waals surface area (Å²) in [6.07, 6.45) is 0. The molecule has 99 valence electrons. The zero-order valence-corrected chi connectivity index (χ0v) is 10.1. The van der Waals surface area contributed by atoms with Crippen LogP contribution >= 0.6 is 0 Å². The first kappa shape index (κ1) is 13.0. The number of fused-ring (bicyclic) bond motifs is 1. The number of carbonyl (C=O) groups excluding carboxylic acids is 1. The van der Waals surface area contributed by atoms with E-state index in [2.05, 4.69) is 17.0 Å². The molecule has 0 unspecified atom stereocenters. The minimum atomic E-state index is -0.859. The van der Waals surface area contributed by atoms with Gasteiger partial charge in [-0.1, -0.05) is 0 Å². The van der Waals surface area contributed by atoms with E-state index in [-0.39, 0.29) is 23.5 Å². The van der Waals surface area contributed by atoms with Crippen molar-refractivity contribution in [2.45, 2.75) is 13.5 Å². The molecule has 7 heteroatoms. The van der Waals surface area contributed by atoms with E-state index in [1.54, 1.807) is 0 Å². The van der Waals surface area contributed by atoms with Gasteiger partial charge in [0.2, 0.25) is 5.91 Å². The fraction of sp³-hybridized carbons (Fsp3) is 0.167. The summed E-state index contributed by atoms with van der Waals surface area (Å²) >= 11 is 0. The standard InChI is InChI=1S/C12H11FN3O3/c1-6(17)16(2)5-7-3-8(13)4-9-10(7)15-12(19)11(18)14-9/h3-4H,2,5H2,1H3,(H,14,18)(H,15,19). The van der Waals surface area contributed by atoms with Gasteiger partial charge in [0.1, 0.15) is 5.82 Å². The first-order valence-electron chi connectivity index (χ1n) is 5.42. The summed E-state index contributed by atoms with van der Waals surface area (Å²) in [5.74, 6) is -0.883.